The van der Waals surface area contributed by atoms with Crippen molar-refractivity contribution >= 4 is 17.5 Å². The summed E-state index contributed by atoms with van der Waals surface area (Å²) in [5.74, 6) is 1.41. The first-order valence-corrected chi connectivity index (χ1v) is 14.0. The lowest BCUT2D eigenvalue weighted by Crippen LogP contribution is -2.40. The second kappa shape index (κ2) is 9.03. The number of aromatic nitrogens is 4. The third kappa shape index (κ3) is 3.74. The predicted molar refractivity (Wildman–Crippen MR) is 148 cm³/mol. The van der Waals surface area contributed by atoms with Crippen LogP contribution in [0.5, 0.6) is 0 Å². The lowest BCUT2D eigenvalue weighted by atomic mass is 9.68. The number of fused-ring (bicyclic) bond motifs is 6. The molecular formula is C31H28N4OS. The van der Waals surface area contributed by atoms with Crippen molar-refractivity contribution in [3.8, 4) is 11.3 Å². The zero-order valence-corrected chi connectivity index (χ0v) is 21.5. The molecule has 6 heteroatoms. The molecule has 0 atom stereocenters. The summed E-state index contributed by atoms with van der Waals surface area (Å²) in [7, 11) is 0. The second-order valence-corrected chi connectivity index (χ2v) is 11.3. The highest BCUT2D eigenvalue weighted by atomic mass is 32.2. The molecule has 5 aromatic rings. The number of hydrogen-bond acceptors (Lipinski definition) is 4. The summed E-state index contributed by atoms with van der Waals surface area (Å²) >= 11 is 1.68. The van der Waals surface area contributed by atoms with Crippen LogP contribution in [0.3, 0.4) is 0 Å². The quantitative estimate of drug-likeness (QED) is 0.265. The molecule has 5 nitrogen and oxygen atoms in total. The smallest absolute Gasteiger partial charge is 0.259 e. The van der Waals surface area contributed by atoms with Crippen molar-refractivity contribution in [3.63, 3.8) is 0 Å². The molecule has 3 aromatic carbocycles. The van der Waals surface area contributed by atoms with E-state index < -0.39 is 0 Å². The largest absolute Gasteiger partial charge is 0.272 e. The minimum absolute atomic E-state index is 0.0924. The van der Waals surface area contributed by atoms with Gasteiger partial charge in [0, 0.05) is 22.3 Å². The van der Waals surface area contributed by atoms with Gasteiger partial charge in [-0.15, -0.1) is 10.2 Å². The van der Waals surface area contributed by atoms with Crippen LogP contribution < -0.4 is 5.56 Å². The van der Waals surface area contributed by atoms with Gasteiger partial charge in [0.15, 0.2) is 5.16 Å². The maximum atomic E-state index is 14.5. The summed E-state index contributed by atoms with van der Waals surface area (Å²) in [6.07, 6.45) is 5.35. The SMILES string of the molecule is O=c1c2c(n3c(SCc4ccccc4)nnc3n1Cc1ccccc1)-c1ccccc1CC21CCCC1. The Hall–Kier alpha value is -3.64. The molecule has 0 aliphatic heterocycles. The normalized spacial score (nSPS) is 15.7. The van der Waals surface area contributed by atoms with Gasteiger partial charge >= 0.3 is 0 Å². The Balaban J connectivity index is 1.50. The number of benzene rings is 3. The maximum absolute atomic E-state index is 14.5. The van der Waals surface area contributed by atoms with Crippen LogP contribution in [0.25, 0.3) is 17.0 Å². The Morgan fingerprint density at radius 2 is 1.49 bits per heavy atom. The summed E-state index contributed by atoms with van der Waals surface area (Å²) in [6.45, 7) is 0.482. The highest BCUT2D eigenvalue weighted by Gasteiger charge is 2.45. The van der Waals surface area contributed by atoms with Gasteiger partial charge in [0.25, 0.3) is 5.56 Å². The number of rotatable bonds is 5. The van der Waals surface area contributed by atoms with Gasteiger partial charge in [0.05, 0.1) is 12.2 Å². The van der Waals surface area contributed by atoms with Gasteiger partial charge in [0.2, 0.25) is 5.78 Å². The van der Waals surface area contributed by atoms with E-state index in [0.717, 1.165) is 65.4 Å². The second-order valence-electron chi connectivity index (χ2n) is 10.3. The number of hydrogen-bond donors (Lipinski definition) is 0. The molecule has 1 saturated carbocycles. The van der Waals surface area contributed by atoms with Crippen molar-refractivity contribution in [2.75, 3.05) is 0 Å². The minimum atomic E-state index is -0.126. The zero-order valence-electron chi connectivity index (χ0n) is 20.6. The summed E-state index contributed by atoms with van der Waals surface area (Å²) in [5, 5.41) is 10.1. The Kier molecular flexibility index (Phi) is 5.50. The van der Waals surface area contributed by atoms with Crippen molar-refractivity contribution in [3.05, 3.63) is 118 Å². The van der Waals surface area contributed by atoms with Crippen molar-refractivity contribution in [1.82, 2.24) is 19.2 Å². The molecular weight excluding hydrogens is 476 g/mol. The molecule has 7 rings (SSSR count). The van der Waals surface area contributed by atoms with Crippen LogP contribution in [0.4, 0.5) is 0 Å². The number of thioether (sulfide) groups is 1. The van der Waals surface area contributed by atoms with Crippen LogP contribution in [-0.4, -0.2) is 19.2 Å². The third-order valence-electron chi connectivity index (χ3n) is 8.06. The van der Waals surface area contributed by atoms with Crippen LogP contribution in [0, 0.1) is 0 Å². The molecule has 0 radical (unpaired) electrons. The Morgan fingerprint density at radius 1 is 0.811 bits per heavy atom. The van der Waals surface area contributed by atoms with E-state index in [1.54, 1.807) is 11.8 Å². The first kappa shape index (κ1) is 22.5. The van der Waals surface area contributed by atoms with Gasteiger partial charge in [0.1, 0.15) is 0 Å². The predicted octanol–water partition coefficient (Wildman–Crippen LogP) is 6.27. The molecule has 0 amide bonds. The first-order chi connectivity index (χ1) is 18.2. The molecule has 0 unspecified atom stereocenters. The van der Waals surface area contributed by atoms with Crippen LogP contribution in [0.15, 0.2) is 94.9 Å². The molecule has 2 aromatic heterocycles. The van der Waals surface area contributed by atoms with Crippen LogP contribution in [0.1, 0.15) is 47.9 Å². The van der Waals surface area contributed by atoms with E-state index in [1.807, 2.05) is 28.8 Å². The summed E-state index contributed by atoms with van der Waals surface area (Å²) in [4.78, 5) is 14.5. The fourth-order valence-electron chi connectivity index (χ4n) is 6.37. The monoisotopic (exact) mass is 504 g/mol. The van der Waals surface area contributed by atoms with Gasteiger partial charge in [-0.25, -0.2) is 0 Å². The van der Waals surface area contributed by atoms with Crippen LogP contribution in [0.2, 0.25) is 0 Å². The lowest BCUT2D eigenvalue weighted by Gasteiger charge is -2.37. The molecule has 0 saturated heterocycles. The van der Waals surface area contributed by atoms with E-state index >= 15 is 0 Å². The molecule has 2 aliphatic rings. The summed E-state index contributed by atoms with van der Waals surface area (Å²) in [5.41, 5.74) is 6.74. The van der Waals surface area contributed by atoms with Gasteiger partial charge in [-0.2, -0.15) is 0 Å². The Morgan fingerprint density at radius 3 is 2.24 bits per heavy atom. The highest BCUT2D eigenvalue weighted by molar-refractivity contribution is 7.98. The van der Waals surface area contributed by atoms with Crippen LogP contribution >= 0.6 is 11.8 Å². The average Bonchev–Trinajstić information content (AvgIpc) is 3.58. The lowest BCUT2D eigenvalue weighted by molar-refractivity contribution is 0.421. The van der Waals surface area contributed by atoms with Gasteiger partial charge in [-0.3, -0.25) is 13.8 Å². The van der Waals surface area contributed by atoms with E-state index in [0.29, 0.717) is 12.3 Å². The van der Waals surface area contributed by atoms with Crippen molar-refractivity contribution < 1.29 is 0 Å². The van der Waals surface area contributed by atoms with E-state index in [4.69, 9.17) is 0 Å². The van der Waals surface area contributed by atoms with E-state index in [9.17, 15) is 4.79 Å². The minimum Gasteiger partial charge on any atom is -0.272 e. The standard InChI is InChI=1S/C31H28N4OS/c36-28-26-27(25-16-8-7-15-24(25)19-31(26)17-9-10-18-31)35-29(34(28)20-22-11-3-1-4-12-22)32-33-30(35)37-21-23-13-5-2-6-14-23/h1-8,11-16H,9-10,17-21H2. The first-order valence-electron chi connectivity index (χ1n) is 13.0. The van der Waals surface area contributed by atoms with E-state index in [2.05, 4.69) is 75.3 Å². The maximum Gasteiger partial charge on any atom is 0.259 e. The Bertz CT molecular complexity index is 1650. The molecule has 37 heavy (non-hydrogen) atoms. The number of nitrogens with zero attached hydrogens (tertiary/aromatic N) is 4. The molecule has 0 N–H and O–H groups in total. The van der Waals surface area contributed by atoms with Crippen LogP contribution in [-0.2, 0) is 24.1 Å². The zero-order chi connectivity index (χ0) is 24.8. The van der Waals surface area contributed by atoms with Crippen molar-refractivity contribution in [1.29, 1.82) is 0 Å². The van der Waals surface area contributed by atoms with Gasteiger partial charge < -0.3 is 0 Å². The molecule has 0 bridgehead atoms. The summed E-state index contributed by atoms with van der Waals surface area (Å²) in [6, 6.07) is 29.3. The topological polar surface area (TPSA) is 52.2 Å². The average molecular weight is 505 g/mol. The van der Waals surface area contributed by atoms with Gasteiger partial charge in [-0.05, 0) is 36.0 Å². The van der Waals surface area contributed by atoms with Crippen molar-refractivity contribution in [2.24, 2.45) is 0 Å². The fourth-order valence-corrected chi connectivity index (χ4v) is 7.25. The third-order valence-corrected chi connectivity index (χ3v) is 9.06. The molecule has 2 aliphatic carbocycles. The van der Waals surface area contributed by atoms with Crippen molar-refractivity contribution in [2.45, 2.75) is 55.0 Å². The molecule has 1 fully saturated rings. The molecule has 1 spiro atoms. The molecule has 184 valence electrons. The Labute approximate surface area is 220 Å². The fraction of sp³-hybridized carbons (Fsp3) is 0.258. The molecule has 2 heterocycles. The van der Waals surface area contributed by atoms with E-state index in [1.165, 1.54) is 11.1 Å². The highest BCUT2D eigenvalue weighted by Crippen LogP contribution is 2.50. The van der Waals surface area contributed by atoms with E-state index in [-0.39, 0.29) is 11.0 Å². The summed E-state index contributed by atoms with van der Waals surface area (Å²) < 4.78 is 4.05. The van der Waals surface area contributed by atoms with Gasteiger partial charge in [-0.1, -0.05) is 110 Å².